The Labute approximate surface area is 81.6 Å². The predicted molar refractivity (Wildman–Crippen MR) is 40.9 cm³/mol. The van der Waals surface area contributed by atoms with Crippen molar-refractivity contribution in [2.24, 2.45) is 0 Å². The topological polar surface area (TPSA) is 74.0 Å². The molecule has 78 valence electrons. The number of hydrogen-bond acceptors (Lipinski definition) is 3. The van der Waals surface area contributed by atoms with Crippen LogP contribution in [0.1, 0.15) is 21.6 Å². The van der Waals surface area contributed by atoms with E-state index in [0.29, 0.717) is 12.3 Å². The second-order valence-electron chi connectivity index (χ2n) is 2.53. The van der Waals surface area contributed by atoms with Crippen LogP contribution in [0, 0.1) is 11.3 Å². The molecule has 1 heterocycles. The Kier molecular flexibility index (Phi) is 2.61. The van der Waals surface area contributed by atoms with Gasteiger partial charge in [-0.25, -0.2) is 9.78 Å². The van der Waals surface area contributed by atoms with E-state index in [9.17, 15) is 18.0 Å². The van der Waals surface area contributed by atoms with Gasteiger partial charge in [0.15, 0.2) is 5.69 Å². The Morgan fingerprint density at radius 3 is 2.53 bits per heavy atom. The van der Waals surface area contributed by atoms with Crippen LogP contribution in [-0.2, 0) is 6.18 Å². The summed E-state index contributed by atoms with van der Waals surface area (Å²) in [4.78, 5) is 13.3. The molecule has 4 nitrogen and oxygen atoms in total. The largest absolute Gasteiger partial charge is 0.478 e. The van der Waals surface area contributed by atoms with Crippen molar-refractivity contribution in [2.75, 3.05) is 0 Å². The van der Waals surface area contributed by atoms with E-state index in [4.69, 9.17) is 10.4 Å². The molecule has 0 aliphatic carbocycles. The van der Waals surface area contributed by atoms with E-state index in [0.717, 1.165) is 0 Å². The Hall–Kier alpha value is -2.10. The SMILES string of the molecule is N#Cc1cc(C(=O)O)cnc1C(F)(F)F. The fraction of sp³-hybridized carbons (Fsp3) is 0.125. The summed E-state index contributed by atoms with van der Waals surface area (Å²) in [5.74, 6) is -1.44. The van der Waals surface area contributed by atoms with Gasteiger partial charge in [-0.1, -0.05) is 0 Å². The van der Waals surface area contributed by atoms with E-state index in [-0.39, 0.29) is 0 Å². The normalized spacial score (nSPS) is 10.8. The number of hydrogen-bond donors (Lipinski definition) is 1. The number of aromatic nitrogens is 1. The van der Waals surface area contributed by atoms with Gasteiger partial charge in [-0.3, -0.25) is 0 Å². The molecule has 0 aliphatic rings. The molecule has 0 saturated heterocycles. The number of pyridine rings is 1. The molecular weight excluding hydrogens is 213 g/mol. The summed E-state index contributed by atoms with van der Waals surface area (Å²) >= 11 is 0. The molecule has 1 aromatic rings. The Morgan fingerprint density at radius 2 is 2.13 bits per heavy atom. The van der Waals surface area contributed by atoms with Crippen molar-refractivity contribution in [3.8, 4) is 6.07 Å². The maximum absolute atomic E-state index is 12.2. The van der Waals surface area contributed by atoms with Crippen molar-refractivity contribution >= 4 is 5.97 Å². The van der Waals surface area contributed by atoms with Crippen LogP contribution < -0.4 is 0 Å². The maximum Gasteiger partial charge on any atom is 0.434 e. The van der Waals surface area contributed by atoms with Gasteiger partial charge in [0.2, 0.25) is 0 Å². The van der Waals surface area contributed by atoms with Gasteiger partial charge in [0.05, 0.1) is 11.1 Å². The van der Waals surface area contributed by atoms with Crippen LogP contribution in [-0.4, -0.2) is 16.1 Å². The highest BCUT2D eigenvalue weighted by molar-refractivity contribution is 5.87. The van der Waals surface area contributed by atoms with E-state index < -0.39 is 29.0 Å². The minimum absolute atomic E-state index is 0.459. The smallest absolute Gasteiger partial charge is 0.434 e. The molecule has 0 aliphatic heterocycles. The molecule has 0 bridgehead atoms. The second kappa shape index (κ2) is 3.57. The first-order chi connectivity index (χ1) is 6.86. The lowest BCUT2D eigenvalue weighted by atomic mass is 10.1. The summed E-state index contributed by atoms with van der Waals surface area (Å²) in [5, 5.41) is 16.9. The molecule has 0 aromatic carbocycles. The molecule has 0 fully saturated rings. The van der Waals surface area contributed by atoms with E-state index in [1.165, 1.54) is 6.07 Å². The fourth-order valence-corrected chi connectivity index (χ4v) is 0.893. The fourth-order valence-electron chi connectivity index (χ4n) is 0.893. The molecule has 15 heavy (non-hydrogen) atoms. The predicted octanol–water partition coefficient (Wildman–Crippen LogP) is 1.67. The average Bonchev–Trinajstić information content (AvgIpc) is 2.15. The highest BCUT2D eigenvalue weighted by Crippen LogP contribution is 2.30. The first-order valence-electron chi connectivity index (χ1n) is 3.57. The van der Waals surface area contributed by atoms with Crippen molar-refractivity contribution in [2.45, 2.75) is 6.18 Å². The zero-order chi connectivity index (χ0) is 11.6. The summed E-state index contributed by atoms with van der Waals surface area (Å²) in [5.41, 5.74) is -2.64. The van der Waals surface area contributed by atoms with Gasteiger partial charge in [-0.2, -0.15) is 18.4 Å². The van der Waals surface area contributed by atoms with Crippen LogP contribution in [0.15, 0.2) is 12.3 Å². The Morgan fingerprint density at radius 1 is 1.53 bits per heavy atom. The number of carbonyl (C=O) groups is 1. The number of aromatic carboxylic acids is 1. The molecular formula is C8H3F3N2O2. The molecule has 0 radical (unpaired) electrons. The minimum atomic E-state index is -4.76. The number of nitriles is 1. The summed E-state index contributed by atoms with van der Waals surface area (Å²) in [6.07, 6.45) is -4.20. The first-order valence-corrected chi connectivity index (χ1v) is 3.57. The summed E-state index contributed by atoms with van der Waals surface area (Å²) in [6, 6.07) is 1.89. The van der Waals surface area contributed by atoms with E-state index >= 15 is 0 Å². The highest BCUT2D eigenvalue weighted by Gasteiger charge is 2.35. The second-order valence-corrected chi connectivity index (χ2v) is 2.53. The average molecular weight is 216 g/mol. The van der Waals surface area contributed by atoms with Gasteiger partial charge in [-0.15, -0.1) is 0 Å². The molecule has 0 atom stereocenters. The molecule has 1 rings (SSSR count). The summed E-state index contributed by atoms with van der Waals surface area (Å²) < 4.78 is 36.6. The Bertz CT molecular complexity index is 448. The molecule has 7 heteroatoms. The van der Waals surface area contributed by atoms with Gasteiger partial charge in [0.1, 0.15) is 6.07 Å². The third kappa shape index (κ3) is 2.22. The molecule has 0 amide bonds. The molecule has 1 N–H and O–H groups in total. The van der Waals surface area contributed by atoms with Crippen LogP contribution in [0.5, 0.6) is 0 Å². The summed E-state index contributed by atoms with van der Waals surface area (Å²) in [7, 11) is 0. The van der Waals surface area contributed by atoms with E-state index in [1.54, 1.807) is 0 Å². The minimum Gasteiger partial charge on any atom is -0.478 e. The first kappa shape index (κ1) is 11.0. The number of carboxylic acids is 1. The molecule has 0 unspecified atom stereocenters. The standard InChI is InChI=1S/C8H3F3N2O2/c9-8(10,11)6-4(2-12)1-5(3-13-6)7(14)15/h1,3H,(H,14,15). The third-order valence-corrected chi connectivity index (χ3v) is 1.52. The number of nitrogens with zero attached hydrogens (tertiary/aromatic N) is 2. The number of halogens is 3. The lowest BCUT2D eigenvalue weighted by Crippen LogP contribution is -2.12. The lowest BCUT2D eigenvalue weighted by molar-refractivity contribution is -0.141. The van der Waals surface area contributed by atoms with Crippen LogP contribution in [0.25, 0.3) is 0 Å². The Balaban J connectivity index is 3.36. The van der Waals surface area contributed by atoms with Crippen LogP contribution in [0.2, 0.25) is 0 Å². The third-order valence-electron chi connectivity index (χ3n) is 1.52. The van der Waals surface area contributed by atoms with E-state index in [1.807, 2.05) is 0 Å². The van der Waals surface area contributed by atoms with Gasteiger partial charge >= 0.3 is 12.1 Å². The maximum atomic E-state index is 12.2. The number of alkyl halides is 3. The highest BCUT2D eigenvalue weighted by atomic mass is 19.4. The van der Waals surface area contributed by atoms with Crippen LogP contribution in [0.4, 0.5) is 13.2 Å². The van der Waals surface area contributed by atoms with Crippen LogP contribution in [0.3, 0.4) is 0 Å². The van der Waals surface area contributed by atoms with Gasteiger partial charge in [0, 0.05) is 6.20 Å². The quantitative estimate of drug-likeness (QED) is 0.774. The summed E-state index contributed by atoms with van der Waals surface area (Å²) in [6.45, 7) is 0. The molecule has 0 spiro atoms. The van der Waals surface area contributed by atoms with Crippen molar-refractivity contribution in [3.63, 3.8) is 0 Å². The van der Waals surface area contributed by atoms with E-state index in [2.05, 4.69) is 4.98 Å². The molecule has 0 saturated carbocycles. The van der Waals surface area contributed by atoms with Crippen molar-refractivity contribution in [3.05, 3.63) is 29.1 Å². The van der Waals surface area contributed by atoms with Gasteiger partial charge in [-0.05, 0) is 6.07 Å². The van der Waals surface area contributed by atoms with Crippen molar-refractivity contribution < 1.29 is 23.1 Å². The van der Waals surface area contributed by atoms with Crippen LogP contribution >= 0.6 is 0 Å². The zero-order valence-corrected chi connectivity index (χ0v) is 7.04. The van der Waals surface area contributed by atoms with Gasteiger partial charge < -0.3 is 5.11 Å². The molecule has 1 aromatic heterocycles. The van der Waals surface area contributed by atoms with Crippen molar-refractivity contribution in [1.29, 1.82) is 5.26 Å². The van der Waals surface area contributed by atoms with Crippen molar-refractivity contribution in [1.82, 2.24) is 4.98 Å². The zero-order valence-electron chi connectivity index (χ0n) is 7.04. The lowest BCUT2D eigenvalue weighted by Gasteiger charge is -2.07. The number of carboxylic acid groups (broad SMARTS) is 1. The number of rotatable bonds is 1. The monoisotopic (exact) mass is 216 g/mol. The van der Waals surface area contributed by atoms with Gasteiger partial charge in [0.25, 0.3) is 0 Å².